The van der Waals surface area contributed by atoms with Crippen molar-refractivity contribution in [3.63, 3.8) is 0 Å². The van der Waals surface area contributed by atoms with E-state index in [9.17, 15) is 8.42 Å². The highest BCUT2D eigenvalue weighted by Crippen LogP contribution is 2.19. The van der Waals surface area contributed by atoms with Gasteiger partial charge in [0.05, 0.1) is 4.90 Å². The zero-order valence-electron chi connectivity index (χ0n) is 12.8. The van der Waals surface area contributed by atoms with Crippen LogP contribution in [0.25, 0.3) is 0 Å². The van der Waals surface area contributed by atoms with Gasteiger partial charge in [-0.1, -0.05) is 23.7 Å². The quantitative estimate of drug-likeness (QED) is 0.808. The maximum Gasteiger partial charge on any atom is 0.175 e. The van der Waals surface area contributed by atoms with E-state index >= 15 is 0 Å². The smallest absolute Gasteiger partial charge is 0.175 e. The predicted molar refractivity (Wildman–Crippen MR) is 98.8 cm³/mol. The maximum absolute atomic E-state index is 11.4. The van der Waals surface area contributed by atoms with Crippen LogP contribution in [0.4, 0.5) is 5.69 Å². The molecule has 122 valence electrons. The van der Waals surface area contributed by atoms with Gasteiger partial charge in [0.25, 0.3) is 0 Å². The lowest BCUT2D eigenvalue weighted by Gasteiger charge is -2.13. The largest absolute Gasteiger partial charge is 0.358 e. The lowest BCUT2D eigenvalue weighted by Crippen LogP contribution is -2.28. The first-order chi connectivity index (χ1) is 10.8. The Morgan fingerprint density at radius 1 is 1.17 bits per heavy atom. The van der Waals surface area contributed by atoms with Crippen LogP contribution in [0, 0.1) is 6.92 Å². The van der Waals surface area contributed by atoms with E-state index < -0.39 is 9.84 Å². The van der Waals surface area contributed by atoms with E-state index in [-0.39, 0.29) is 0 Å². The molecule has 0 unspecified atom stereocenters. The van der Waals surface area contributed by atoms with Gasteiger partial charge in [0, 0.05) is 23.5 Å². The van der Waals surface area contributed by atoms with Gasteiger partial charge in [-0.15, -0.1) is 0 Å². The third-order valence-corrected chi connectivity index (χ3v) is 4.85. The summed E-state index contributed by atoms with van der Waals surface area (Å²) in [5.74, 6) is 0. The summed E-state index contributed by atoms with van der Waals surface area (Å²) < 4.78 is 22.8. The van der Waals surface area contributed by atoms with Gasteiger partial charge in [-0.3, -0.25) is 0 Å². The average Bonchev–Trinajstić information content (AvgIpc) is 2.47. The van der Waals surface area contributed by atoms with Gasteiger partial charge in [-0.05, 0) is 60.6 Å². The predicted octanol–water partition coefficient (Wildman–Crippen LogP) is 3.54. The summed E-state index contributed by atoms with van der Waals surface area (Å²) in [6.45, 7) is 2.45. The molecule has 0 aliphatic rings. The molecule has 2 N–H and O–H groups in total. The Bertz CT molecular complexity index is 818. The molecule has 23 heavy (non-hydrogen) atoms. The minimum atomic E-state index is -3.17. The Kier molecular flexibility index (Phi) is 5.62. The van der Waals surface area contributed by atoms with E-state index in [1.807, 2.05) is 19.1 Å². The number of hydrogen-bond donors (Lipinski definition) is 2. The molecule has 0 spiro atoms. The highest BCUT2D eigenvalue weighted by Gasteiger charge is 2.06. The lowest BCUT2D eigenvalue weighted by atomic mass is 10.2. The Labute approximate surface area is 146 Å². The van der Waals surface area contributed by atoms with E-state index in [0.29, 0.717) is 21.6 Å². The Hall–Kier alpha value is -1.63. The standard InChI is InChI=1S/C16H17ClN2O2S2/c1-11-9-13(17)5-8-15(11)19-16(22)18-10-12-3-6-14(7-4-12)23(2,20)21/h3-9H,10H2,1-2H3,(H2,18,19,22). The molecule has 4 nitrogen and oxygen atoms in total. The highest BCUT2D eigenvalue weighted by molar-refractivity contribution is 7.90. The maximum atomic E-state index is 11.4. The van der Waals surface area contributed by atoms with Crippen LogP contribution in [0.15, 0.2) is 47.4 Å². The molecule has 0 saturated heterocycles. The Morgan fingerprint density at radius 2 is 1.83 bits per heavy atom. The van der Waals surface area contributed by atoms with Crippen molar-refractivity contribution < 1.29 is 8.42 Å². The number of hydrogen-bond acceptors (Lipinski definition) is 3. The van der Waals surface area contributed by atoms with E-state index in [2.05, 4.69) is 10.6 Å². The van der Waals surface area contributed by atoms with E-state index in [1.54, 1.807) is 30.3 Å². The van der Waals surface area contributed by atoms with Crippen LogP contribution in [0.2, 0.25) is 5.02 Å². The number of rotatable bonds is 4. The minimum absolute atomic E-state index is 0.304. The first kappa shape index (κ1) is 17.7. The van der Waals surface area contributed by atoms with Crippen molar-refractivity contribution >= 4 is 44.5 Å². The molecule has 0 atom stereocenters. The minimum Gasteiger partial charge on any atom is -0.358 e. The van der Waals surface area contributed by atoms with Crippen molar-refractivity contribution in [2.75, 3.05) is 11.6 Å². The molecule has 7 heteroatoms. The lowest BCUT2D eigenvalue weighted by molar-refractivity contribution is 0.602. The summed E-state index contributed by atoms with van der Waals surface area (Å²) in [6, 6.07) is 12.2. The molecule has 0 saturated carbocycles. The van der Waals surface area contributed by atoms with Crippen LogP contribution in [0.1, 0.15) is 11.1 Å². The second-order valence-corrected chi connectivity index (χ2v) is 8.04. The molecule has 2 rings (SSSR count). The second-order valence-electron chi connectivity index (χ2n) is 5.18. The van der Waals surface area contributed by atoms with Crippen molar-refractivity contribution in [1.29, 1.82) is 0 Å². The number of benzene rings is 2. The van der Waals surface area contributed by atoms with Crippen molar-refractivity contribution in [3.8, 4) is 0 Å². The third kappa shape index (κ3) is 5.20. The van der Waals surface area contributed by atoms with Gasteiger partial charge >= 0.3 is 0 Å². The van der Waals surface area contributed by atoms with Crippen LogP contribution in [0.3, 0.4) is 0 Å². The highest BCUT2D eigenvalue weighted by atomic mass is 35.5. The summed E-state index contributed by atoms with van der Waals surface area (Å²) >= 11 is 11.2. The van der Waals surface area contributed by atoms with Crippen molar-refractivity contribution in [3.05, 3.63) is 58.6 Å². The fourth-order valence-corrected chi connectivity index (χ4v) is 3.01. The second kappa shape index (κ2) is 7.29. The third-order valence-electron chi connectivity index (χ3n) is 3.24. The molecule has 0 radical (unpaired) electrons. The SMILES string of the molecule is Cc1cc(Cl)ccc1NC(=S)NCc1ccc(S(C)(=O)=O)cc1. The molecule has 0 fully saturated rings. The van der Waals surface area contributed by atoms with Gasteiger partial charge in [-0.2, -0.15) is 0 Å². The number of aryl methyl sites for hydroxylation is 1. The summed E-state index contributed by atoms with van der Waals surface area (Å²) in [6.07, 6.45) is 1.19. The molecular formula is C16H17ClN2O2S2. The van der Waals surface area contributed by atoms with Crippen LogP contribution in [-0.4, -0.2) is 19.8 Å². The molecule has 0 aromatic heterocycles. The normalized spacial score (nSPS) is 11.1. The first-order valence-corrected chi connectivity index (χ1v) is 9.53. The zero-order chi connectivity index (χ0) is 17.0. The van der Waals surface area contributed by atoms with E-state index in [0.717, 1.165) is 16.8 Å². The summed E-state index contributed by atoms with van der Waals surface area (Å²) in [5.41, 5.74) is 2.83. The number of halogens is 1. The van der Waals surface area contributed by atoms with Crippen LogP contribution < -0.4 is 10.6 Å². The van der Waals surface area contributed by atoms with Gasteiger partial charge in [0.1, 0.15) is 0 Å². The van der Waals surface area contributed by atoms with Gasteiger partial charge < -0.3 is 10.6 Å². The molecule has 0 bridgehead atoms. The van der Waals surface area contributed by atoms with E-state index in [1.165, 1.54) is 6.26 Å². The van der Waals surface area contributed by atoms with Gasteiger partial charge in [-0.25, -0.2) is 8.42 Å². The molecule has 2 aromatic carbocycles. The molecule has 0 aliphatic heterocycles. The molecule has 0 aliphatic carbocycles. The molecule has 0 heterocycles. The summed E-state index contributed by atoms with van der Waals surface area (Å²) in [4.78, 5) is 0.304. The van der Waals surface area contributed by atoms with Crippen molar-refractivity contribution in [2.24, 2.45) is 0 Å². The number of anilines is 1. The number of sulfone groups is 1. The topological polar surface area (TPSA) is 58.2 Å². The average molecular weight is 369 g/mol. The Morgan fingerprint density at radius 3 is 2.39 bits per heavy atom. The molecular weight excluding hydrogens is 352 g/mol. The number of nitrogens with one attached hydrogen (secondary N) is 2. The number of thiocarbonyl (C=S) groups is 1. The van der Waals surface area contributed by atoms with Crippen molar-refractivity contribution in [1.82, 2.24) is 5.32 Å². The van der Waals surface area contributed by atoms with Crippen LogP contribution >= 0.6 is 23.8 Å². The monoisotopic (exact) mass is 368 g/mol. The first-order valence-electron chi connectivity index (χ1n) is 6.86. The summed E-state index contributed by atoms with van der Waals surface area (Å²) in [7, 11) is -3.17. The zero-order valence-corrected chi connectivity index (χ0v) is 15.1. The van der Waals surface area contributed by atoms with Gasteiger partial charge in [0.15, 0.2) is 14.9 Å². The fraction of sp³-hybridized carbons (Fsp3) is 0.188. The molecule has 2 aromatic rings. The summed E-state index contributed by atoms with van der Waals surface area (Å²) in [5, 5.41) is 7.36. The van der Waals surface area contributed by atoms with E-state index in [4.69, 9.17) is 23.8 Å². The van der Waals surface area contributed by atoms with Crippen LogP contribution in [-0.2, 0) is 16.4 Å². The van der Waals surface area contributed by atoms with Crippen molar-refractivity contribution in [2.45, 2.75) is 18.4 Å². The Balaban J connectivity index is 1.94. The van der Waals surface area contributed by atoms with Gasteiger partial charge in [0.2, 0.25) is 0 Å². The molecule has 0 amide bonds. The fourth-order valence-electron chi connectivity index (χ4n) is 1.97. The van der Waals surface area contributed by atoms with Crippen LogP contribution in [0.5, 0.6) is 0 Å².